The van der Waals surface area contributed by atoms with E-state index in [9.17, 15) is 4.79 Å². The molecule has 1 heterocycles. The van der Waals surface area contributed by atoms with Crippen LogP contribution in [0, 0.1) is 12.8 Å². The Labute approximate surface area is 120 Å². The molecule has 1 aromatic carbocycles. The van der Waals surface area contributed by atoms with Crippen LogP contribution in [-0.4, -0.2) is 37.6 Å². The number of carbonyl (C=O) groups is 1. The number of hydrogen-bond donors (Lipinski definition) is 2. The number of nitrogen functional groups attached to an aromatic ring is 1. The number of aryl methyl sites for hydroxylation is 1. The van der Waals surface area contributed by atoms with Crippen LogP contribution in [0.1, 0.15) is 28.8 Å². The van der Waals surface area contributed by atoms with E-state index in [-0.39, 0.29) is 5.91 Å². The molecular formula is C15H23N3O2. The third-order valence-corrected chi connectivity index (χ3v) is 3.69. The quantitative estimate of drug-likeness (QED) is 0.650. The normalized spacial score (nSPS) is 18.6. The molecule has 1 amide bonds. The first-order chi connectivity index (χ1) is 9.61. The average Bonchev–Trinajstić information content (AvgIpc) is 2.47. The van der Waals surface area contributed by atoms with Gasteiger partial charge in [0.15, 0.2) is 0 Å². The Morgan fingerprint density at radius 3 is 3.00 bits per heavy atom. The summed E-state index contributed by atoms with van der Waals surface area (Å²) in [6.45, 7) is 4.27. The van der Waals surface area contributed by atoms with Crippen molar-refractivity contribution in [1.82, 2.24) is 4.90 Å². The summed E-state index contributed by atoms with van der Waals surface area (Å²) in [6, 6.07) is 5.62. The smallest absolute Gasteiger partial charge is 0.255 e. The molecule has 2 rings (SSSR count). The molecule has 1 fully saturated rings. The average molecular weight is 277 g/mol. The number of amides is 1. The van der Waals surface area contributed by atoms with Crippen LogP contribution in [0.4, 0.5) is 5.69 Å². The highest BCUT2D eigenvalue weighted by atomic mass is 16.5. The van der Waals surface area contributed by atoms with Gasteiger partial charge in [-0.15, -0.1) is 0 Å². The minimum absolute atomic E-state index is 0.0106. The molecule has 1 saturated heterocycles. The van der Waals surface area contributed by atoms with Gasteiger partial charge in [-0.1, -0.05) is 6.07 Å². The van der Waals surface area contributed by atoms with Crippen molar-refractivity contribution in [1.29, 1.82) is 0 Å². The van der Waals surface area contributed by atoms with E-state index in [4.69, 9.17) is 10.6 Å². The molecule has 3 N–H and O–H groups in total. The van der Waals surface area contributed by atoms with Crippen molar-refractivity contribution in [3.8, 4) is 0 Å². The predicted molar refractivity (Wildman–Crippen MR) is 79.5 cm³/mol. The van der Waals surface area contributed by atoms with Gasteiger partial charge in [0.1, 0.15) is 0 Å². The molecule has 110 valence electrons. The van der Waals surface area contributed by atoms with Crippen molar-refractivity contribution in [3.05, 3.63) is 29.3 Å². The first-order valence-electron chi connectivity index (χ1n) is 7.02. The number of anilines is 1. The summed E-state index contributed by atoms with van der Waals surface area (Å²) in [5.74, 6) is 5.92. The van der Waals surface area contributed by atoms with E-state index in [2.05, 4.69) is 5.43 Å². The molecule has 0 spiro atoms. The predicted octanol–water partition coefficient (Wildman–Crippen LogP) is 1.78. The second kappa shape index (κ2) is 6.72. The van der Waals surface area contributed by atoms with Gasteiger partial charge in [-0.05, 0) is 43.4 Å². The number of rotatable bonds is 4. The van der Waals surface area contributed by atoms with E-state index >= 15 is 0 Å². The number of benzene rings is 1. The van der Waals surface area contributed by atoms with Crippen LogP contribution in [0.5, 0.6) is 0 Å². The molecule has 20 heavy (non-hydrogen) atoms. The van der Waals surface area contributed by atoms with Crippen molar-refractivity contribution in [2.24, 2.45) is 11.8 Å². The van der Waals surface area contributed by atoms with E-state index in [0.717, 1.165) is 38.2 Å². The highest BCUT2D eigenvalue weighted by Crippen LogP contribution is 2.20. The Bertz CT molecular complexity index is 470. The van der Waals surface area contributed by atoms with E-state index in [1.807, 2.05) is 32.2 Å². The van der Waals surface area contributed by atoms with Crippen LogP contribution in [0.3, 0.4) is 0 Å². The molecule has 5 heteroatoms. The van der Waals surface area contributed by atoms with Gasteiger partial charge in [0.2, 0.25) is 0 Å². The van der Waals surface area contributed by atoms with Gasteiger partial charge in [0.25, 0.3) is 5.91 Å². The Balaban J connectivity index is 2.05. The first kappa shape index (κ1) is 14.8. The Morgan fingerprint density at radius 2 is 2.35 bits per heavy atom. The largest absolute Gasteiger partial charge is 0.381 e. The summed E-state index contributed by atoms with van der Waals surface area (Å²) in [4.78, 5) is 14.3. The summed E-state index contributed by atoms with van der Waals surface area (Å²) >= 11 is 0. The molecule has 5 nitrogen and oxygen atoms in total. The number of carbonyl (C=O) groups excluding carboxylic acids is 1. The van der Waals surface area contributed by atoms with Crippen molar-refractivity contribution in [2.45, 2.75) is 19.8 Å². The van der Waals surface area contributed by atoms with Crippen LogP contribution in [-0.2, 0) is 4.74 Å². The van der Waals surface area contributed by atoms with Gasteiger partial charge in [-0.3, -0.25) is 10.6 Å². The fourth-order valence-corrected chi connectivity index (χ4v) is 2.59. The molecule has 0 radical (unpaired) electrons. The zero-order valence-corrected chi connectivity index (χ0v) is 12.2. The molecule has 0 aromatic heterocycles. The maximum Gasteiger partial charge on any atom is 0.255 e. The molecule has 1 aliphatic heterocycles. The zero-order chi connectivity index (χ0) is 14.5. The number of hydrogen-bond acceptors (Lipinski definition) is 4. The van der Waals surface area contributed by atoms with Gasteiger partial charge in [0.05, 0.1) is 17.9 Å². The molecule has 0 bridgehead atoms. The minimum atomic E-state index is -0.0106. The van der Waals surface area contributed by atoms with Crippen molar-refractivity contribution in [3.63, 3.8) is 0 Å². The number of nitrogens with zero attached hydrogens (tertiary/aromatic N) is 1. The molecule has 1 aromatic rings. The standard InChI is InChI=1S/C15H23N3O2/c1-11-5-6-13(14(8-11)17-16)15(19)18(2)9-12-4-3-7-20-10-12/h5-6,8,12,17H,3-4,7,9-10,16H2,1-2H3. The number of nitrogens with two attached hydrogens (primary N) is 1. The topological polar surface area (TPSA) is 67.6 Å². The summed E-state index contributed by atoms with van der Waals surface area (Å²) in [7, 11) is 1.83. The van der Waals surface area contributed by atoms with Crippen LogP contribution in [0.2, 0.25) is 0 Å². The van der Waals surface area contributed by atoms with Gasteiger partial charge in [-0.25, -0.2) is 0 Å². The lowest BCUT2D eigenvalue weighted by Gasteiger charge is -2.27. The maximum absolute atomic E-state index is 12.5. The molecular weight excluding hydrogens is 254 g/mol. The first-order valence-corrected chi connectivity index (χ1v) is 7.02. The fourth-order valence-electron chi connectivity index (χ4n) is 2.59. The van der Waals surface area contributed by atoms with E-state index in [1.165, 1.54) is 0 Å². The van der Waals surface area contributed by atoms with Crippen LogP contribution in [0.15, 0.2) is 18.2 Å². The van der Waals surface area contributed by atoms with Gasteiger partial charge in [0, 0.05) is 20.2 Å². The second-order valence-electron chi connectivity index (χ2n) is 5.46. The van der Waals surface area contributed by atoms with E-state index in [0.29, 0.717) is 17.2 Å². The van der Waals surface area contributed by atoms with Gasteiger partial charge < -0.3 is 15.1 Å². The monoisotopic (exact) mass is 277 g/mol. The van der Waals surface area contributed by atoms with Crippen LogP contribution >= 0.6 is 0 Å². The van der Waals surface area contributed by atoms with Gasteiger partial charge >= 0.3 is 0 Å². The highest BCUT2D eigenvalue weighted by molar-refractivity contribution is 5.99. The third-order valence-electron chi connectivity index (χ3n) is 3.69. The lowest BCUT2D eigenvalue weighted by Crippen LogP contribution is -2.35. The third kappa shape index (κ3) is 3.49. The highest BCUT2D eigenvalue weighted by Gasteiger charge is 2.21. The maximum atomic E-state index is 12.5. The lowest BCUT2D eigenvalue weighted by molar-refractivity contribution is 0.0389. The lowest BCUT2D eigenvalue weighted by atomic mass is 10.0. The minimum Gasteiger partial charge on any atom is -0.381 e. The molecule has 0 saturated carbocycles. The van der Waals surface area contributed by atoms with Crippen molar-refractivity contribution >= 4 is 11.6 Å². The zero-order valence-electron chi connectivity index (χ0n) is 12.2. The fraction of sp³-hybridized carbons (Fsp3) is 0.533. The van der Waals surface area contributed by atoms with E-state index in [1.54, 1.807) is 4.90 Å². The van der Waals surface area contributed by atoms with Crippen LogP contribution < -0.4 is 11.3 Å². The molecule has 1 aliphatic rings. The number of nitrogens with one attached hydrogen (secondary N) is 1. The number of hydrazine groups is 1. The van der Waals surface area contributed by atoms with Crippen LogP contribution in [0.25, 0.3) is 0 Å². The summed E-state index contributed by atoms with van der Waals surface area (Å²) < 4.78 is 5.46. The second-order valence-corrected chi connectivity index (χ2v) is 5.46. The molecule has 1 atom stereocenters. The summed E-state index contributed by atoms with van der Waals surface area (Å²) in [5.41, 5.74) is 4.95. The summed E-state index contributed by atoms with van der Waals surface area (Å²) in [5, 5.41) is 0. The molecule has 0 aliphatic carbocycles. The Morgan fingerprint density at radius 1 is 1.55 bits per heavy atom. The Kier molecular flexibility index (Phi) is 4.98. The van der Waals surface area contributed by atoms with Gasteiger partial charge in [-0.2, -0.15) is 0 Å². The van der Waals surface area contributed by atoms with Crippen molar-refractivity contribution < 1.29 is 9.53 Å². The van der Waals surface area contributed by atoms with E-state index < -0.39 is 0 Å². The number of ether oxygens (including phenoxy) is 1. The van der Waals surface area contributed by atoms with Crippen molar-refractivity contribution in [2.75, 3.05) is 32.2 Å². The molecule has 1 unspecified atom stereocenters. The SMILES string of the molecule is Cc1ccc(C(=O)N(C)CC2CCCOC2)c(NN)c1. The Hall–Kier alpha value is -1.59. The summed E-state index contributed by atoms with van der Waals surface area (Å²) in [6.07, 6.45) is 2.19.